The summed E-state index contributed by atoms with van der Waals surface area (Å²) in [4.78, 5) is 17.1. The van der Waals surface area contributed by atoms with Gasteiger partial charge in [-0.15, -0.1) is 0 Å². The van der Waals surface area contributed by atoms with Gasteiger partial charge in [0.15, 0.2) is 0 Å². The van der Waals surface area contributed by atoms with Crippen molar-refractivity contribution >= 4 is 119 Å². The van der Waals surface area contributed by atoms with Gasteiger partial charge in [-0.25, -0.2) is 15.0 Å². The fourth-order valence-corrected chi connectivity index (χ4v) is 16.8. The Balaban J connectivity index is 0.774. The van der Waals surface area contributed by atoms with E-state index in [2.05, 4.69) is 314 Å². The molecule has 0 unspecified atom stereocenters. The van der Waals surface area contributed by atoms with E-state index in [0.29, 0.717) is 0 Å². The SMILES string of the molecule is COc1ccc(-c2nc3c4cc(-c5ccc6c7ccc(-c8ccccc8)cc7c7c(nc(-c8c(OC)ccc9ccccc89)n7C)c6c5)ccc4c4ccc(-c5ccc6c7ccc(-c8ccc(-c9ccccc9)cc8)cc7c7c(nc(-c8c(OC)ccc9ccccc89)n7C)c6c5)cc4c3n2C)cc1. The van der Waals surface area contributed by atoms with E-state index in [1.165, 1.54) is 11.1 Å². The molecule has 9 heteroatoms. The van der Waals surface area contributed by atoms with Gasteiger partial charge in [0.2, 0.25) is 0 Å². The van der Waals surface area contributed by atoms with Crippen molar-refractivity contribution in [3.05, 3.63) is 291 Å². The molecule has 9 nitrogen and oxygen atoms in total. The third-order valence-corrected chi connectivity index (χ3v) is 21.9. The highest BCUT2D eigenvalue weighted by molar-refractivity contribution is 6.29. The lowest BCUT2D eigenvalue weighted by molar-refractivity contribution is 0.415. The van der Waals surface area contributed by atoms with E-state index in [-0.39, 0.29) is 0 Å². The number of rotatable bonds is 11. The van der Waals surface area contributed by atoms with Crippen LogP contribution in [0.5, 0.6) is 17.2 Å². The minimum Gasteiger partial charge on any atom is -0.497 e. The van der Waals surface area contributed by atoms with Gasteiger partial charge in [0.1, 0.15) is 34.7 Å². The molecule has 3 heterocycles. The molecule has 0 fully saturated rings. The molecule has 0 atom stereocenters. The molecule has 0 N–H and O–H groups in total. The van der Waals surface area contributed by atoms with Crippen molar-refractivity contribution in [3.63, 3.8) is 0 Å². The van der Waals surface area contributed by atoms with Gasteiger partial charge in [-0.1, -0.05) is 218 Å². The molecule has 0 aliphatic heterocycles. The molecule has 20 rings (SSSR count). The first-order valence-corrected chi connectivity index (χ1v) is 35.2. The van der Waals surface area contributed by atoms with Crippen LogP contribution in [0.1, 0.15) is 0 Å². The lowest BCUT2D eigenvalue weighted by Crippen LogP contribution is -1.97. The number of benzene rings is 17. The zero-order valence-electron chi connectivity index (χ0n) is 58.1. The Morgan fingerprint density at radius 1 is 0.221 bits per heavy atom. The molecule has 17 aromatic carbocycles. The summed E-state index contributed by atoms with van der Waals surface area (Å²) in [6.07, 6.45) is 0. The van der Waals surface area contributed by atoms with Gasteiger partial charge in [-0.2, -0.15) is 0 Å². The summed E-state index contributed by atoms with van der Waals surface area (Å²) in [5.74, 6) is 4.87. The van der Waals surface area contributed by atoms with Crippen molar-refractivity contribution in [2.75, 3.05) is 21.3 Å². The van der Waals surface area contributed by atoms with Gasteiger partial charge in [-0.3, -0.25) is 0 Å². The highest BCUT2D eigenvalue weighted by Gasteiger charge is 2.26. The van der Waals surface area contributed by atoms with Crippen molar-refractivity contribution < 1.29 is 14.2 Å². The molecule has 20 aromatic rings. The second kappa shape index (κ2) is 23.6. The van der Waals surface area contributed by atoms with Crippen LogP contribution in [0.15, 0.2) is 291 Å². The number of fused-ring (bicyclic) bond motifs is 20. The molecular formula is C95H66N6O3. The fraction of sp³-hybridized carbons (Fsp3) is 0.0632. The summed E-state index contributed by atoms with van der Waals surface area (Å²) < 4.78 is 24.9. The normalized spacial score (nSPS) is 11.9. The highest BCUT2D eigenvalue weighted by Crippen LogP contribution is 2.48. The van der Waals surface area contributed by atoms with Crippen LogP contribution in [0.2, 0.25) is 0 Å². The standard InChI is InChI=1S/C95H66N6O3/c1-99-90-82-54-67(66-35-43-73-75-45-32-63(58-27-25-57(26-28-58)55-17-9-7-10-18-55)53-81(75)92-89(79(73)51-66)98-95(101(92)3)86-70-24-16-14-22-60(70)38-48-84(86)104-6)36-46-76(82)71-41-33-64(49-77(71)87(90)96-93(99)61-29-39-68(102-4)40-30-61)65-34-42-72-74-44-31-62(56-19-11-8-12-20-56)52-80(74)91-88(78(72)50-65)97-94(100(91)2)85-69-23-15-13-21-59(69)37-47-83(85)103-5/h7-54H,1-6H3. The summed E-state index contributed by atoms with van der Waals surface area (Å²) in [5.41, 5.74) is 20.1. The Kier molecular flexibility index (Phi) is 13.8. The molecule has 0 aliphatic rings. The van der Waals surface area contributed by atoms with Gasteiger partial charge in [0.05, 0.1) is 65.6 Å². The second-order valence-corrected chi connectivity index (χ2v) is 27.4. The van der Waals surface area contributed by atoms with E-state index in [4.69, 9.17) is 29.2 Å². The number of ether oxygens (including phenoxy) is 3. The Hall–Kier alpha value is -13.4. The lowest BCUT2D eigenvalue weighted by atomic mass is 9.91. The number of nitrogens with zero attached hydrogens (tertiary/aromatic N) is 6. The fourth-order valence-electron chi connectivity index (χ4n) is 16.8. The van der Waals surface area contributed by atoms with Crippen LogP contribution in [-0.2, 0) is 21.1 Å². The van der Waals surface area contributed by atoms with Crippen LogP contribution in [0, 0.1) is 0 Å². The minimum atomic E-state index is 0.771. The molecule has 3 aromatic heterocycles. The smallest absolute Gasteiger partial charge is 0.145 e. The van der Waals surface area contributed by atoms with Crippen molar-refractivity contribution in [1.29, 1.82) is 0 Å². The first-order chi connectivity index (χ1) is 51.2. The number of aromatic nitrogens is 6. The first-order valence-electron chi connectivity index (χ1n) is 35.2. The molecular weight excluding hydrogens is 1270 g/mol. The van der Waals surface area contributed by atoms with Crippen molar-refractivity contribution in [2.45, 2.75) is 0 Å². The molecule has 0 amide bonds. The zero-order chi connectivity index (χ0) is 69.6. The average molecular weight is 1340 g/mol. The molecule has 0 aliphatic carbocycles. The maximum absolute atomic E-state index is 6.20. The number of imidazole rings is 3. The van der Waals surface area contributed by atoms with Gasteiger partial charge < -0.3 is 27.9 Å². The molecule has 0 saturated carbocycles. The summed E-state index contributed by atoms with van der Waals surface area (Å²) in [5, 5.41) is 17.8. The van der Waals surface area contributed by atoms with Gasteiger partial charge in [0.25, 0.3) is 0 Å². The summed E-state index contributed by atoms with van der Waals surface area (Å²) in [6, 6.07) is 105. The molecule has 0 bridgehead atoms. The Bertz CT molecular complexity index is 6990. The van der Waals surface area contributed by atoms with Crippen molar-refractivity contribution in [2.24, 2.45) is 21.1 Å². The van der Waals surface area contributed by atoms with E-state index in [1.54, 1.807) is 21.3 Å². The minimum absolute atomic E-state index is 0.771. The van der Waals surface area contributed by atoms with Gasteiger partial charge >= 0.3 is 0 Å². The van der Waals surface area contributed by atoms with E-state index in [9.17, 15) is 0 Å². The van der Waals surface area contributed by atoms with Crippen LogP contribution in [0.25, 0.3) is 209 Å². The predicted octanol–water partition coefficient (Wildman–Crippen LogP) is 23.9. The maximum Gasteiger partial charge on any atom is 0.145 e. The Morgan fingerprint density at radius 3 is 0.894 bits per heavy atom. The Labute approximate surface area is 599 Å². The van der Waals surface area contributed by atoms with Crippen LogP contribution < -0.4 is 14.2 Å². The second-order valence-electron chi connectivity index (χ2n) is 27.4. The van der Waals surface area contributed by atoms with E-state index < -0.39 is 0 Å². The highest BCUT2D eigenvalue weighted by atomic mass is 16.5. The van der Waals surface area contributed by atoms with Gasteiger partial charge in [-0.05, 0) is 182 Å². The summed E-state index contributed by atoms with van der Waals surface area (Å²) in [7, 11) is 11.7. The molecule has 0 saturated heterocycles. The number of methoxy groups -OCH3 is 3. The summed E-state index contributed by atoms with van der Waals surface area (Å²) in [6.45, 7) is 0. The lowest BCUT2D eigenvalue weighted by Gasteiger charge is -2.14. The largest absolute Gasteiger partial charge is 0.497 e. The summed E-state index contributed by atoms with van der Waals surface area (Å²) >= 11 is 0. The van der Waals surface area contributed by atoms with Gasteiger partial charge in [0, 0.05) is 59.0 Å². The van der Waals surface area contributed by atoms with E-state index in [1.807, 2.05) is 12.1 Å². The number of hydrogen-bond donors (Lipinski definition) is 0. The molecule has 104 heavy (non-hydrogen) atoms. The van der Waals surface area contributed by atoms with Crippen molar-refractivity contribution in [3.8, 4) is 107 Å². The molecule has 0 spiro atoms. The van der Waals surface area contributed by atoms with Crippen LogP contribution >= 0.6 is 0 Å². The third-order valence-electron chi connectivity index (χ3n) is 21.9. The number of hydrogen-bond acceptors (Lipinski definition) is 6. The monoisotopic (exact) mass is 1340 g/mol. The average Bonchev–Trinajstić information content (AvgIpc) is 1.51. The first kappa shape index (κ1) is 60.6. The number of aryl methyl sites for hydroxylation is 3. The molecule has 0 radical (unpaired) electrons. The zero-order valence-corrected chi connectivity index (χ0v) is 58.1. The van der Waals surface area contributed by atoms with Crippen molar-refractivity contribution in [1.82, 2.24) is 28.7 Å². The van der Waals surface area contributed by atoms with E-state index in [0.717, 1.165) is 215 Å². The Morgan fingerprint density at radius 2 is 0.510 bits per heavy atom. The van der Waals surface area contributed by atoms with E-state index >= 15 is 0 Å². The molecule has 494 valence electrons. The topological polar surface area (TPSA) is 81.2 Å². The quantitative estimate of drug-likeness (QED) is 0.120. The predicted molar refractivity (Wildman–Crippen MR) is 432 cm³/mol. The van der Waals surface area contributed by atoms with Crippen LogP contribution in [-0.4, -0.2) is 50.0 Å². The maximum atomic E-state index is 6.20. The van der Waals surface area contributed by atoms with Crippen LogP contribution in [0.4, 0.5) is 0 Å². The van der Waals surface area contributed by atoms with Crippen LogP contribution in [0.3, 0.4) is 0 Å². The third kappa shape index (κ3) is 9.29.